The van der Waals surface area contributed by atoms with Crippen LogP contribution in [0.1, 0.15) is 20.8 Å². The minimum Gasteiger partial charge on any atom is -0.354 e. The van der Waals surface area contributed by atoms with E-state index in [1.54, 1.807) is 12.1 Å². The fourth-order valence-electron chi connectivity index (χ4n) is 2.25. The minimum atomic E-state index is -3.67. The van der Waals surface area contributed by atoms with Crippen LogP contribution in [-0.2, 0) is 14.8 Å². The van der Waals surface area contributed by atoms with Crippen LogP contribution in [0, 0.1) is 0 Å². The highest BCUT2D eigenvalue weighted by Gasteiger charge is 2.22. The van der Waals surface area contributed by atoms with Gasteiger partial charge < -0.3 is 5.32 Å². The maximum absolute atomic E-state index is 12.4. The first kappa shape index (κ1) is 21.1. The summed E-state index contributed by atoms with van der Waals surface area (Å²) in [7, 11) is -2.26. The predicted octanol–water partition coefficient (Wildman–Crippen LogP) is 1.92. The third kappa shape index (κ3) is 6.16. The number of likely N-dealkylation sites (N-methyl/N-ethyl adjacent to an activating group) is 2. The van der Waals surface area contributed by atoms with Crippen molar-refractivity contribution in [3.8, 4) is 0 Å². The Balaban J connectivity index is 2.55. The van der Waals surface area contributed by atoms with E-state index in [2.05, 4.69) is 46.9 Å². The summed E-state index contributed by atoms with van der Waals surface area (Å²) in [5.41, 5.74) is 0. The molecule has 8 heteroatoms. The van der Waals surface area contributed by atoms with Gasteiger partial charge >= 0.3 is 0 Å². The Morgan fingerprint density at radius 2 is 1.83 bits per heavy atom. The summed E-state index contributed by atoms with van der Waals surface area (Å²) < 4.78 is 26.7. The van der Waals surface area contributed by atoms with Crippen molar-refractivity contribution < 1.29 is 13.2 Å². The number of amides is 1. The molecule has 0 fully saturated rings. The van der Waals surface area contributed by atoms with Crippen LogP contribution in [0.25, 0.3) is 0 Å². The highest BCUT2D eigenvalue weighted by molar-refractivity contribution is 9.10. The van der Waals surface area contributed by atoms with Gasteiger partial charge in [0.15, 0.2) is 0 Å². The van der Waals surface area contributed by atoms with Gasteiger partial charge in [0.25, 0.3) is 0 Å². The van der Waals surface area contributed by atoms with Gasteiger partial charge in [-0.25, -0.2) is 8.42 Å². The third-order valence-corrected chi connectivity index (χ3v) is 6.09. The van der Waals surface area contributed by atoms with E-state index < -0.39 is 10.0 Å². The van der Waals surface area contributed by atoms with E-state index in [0.717, 1.165) is 21.9 Å². The Hall–Kier alpha value is -0.960. The second kappa shape index (κ2) is 9.50. The van der Waals surface area contributed by atoms with Crippen LogP contribution >= 0.6 is 15.9 Å². The van der Waals surface area contributed by atoms with Crippen LogP contribution in [0.15, 0.2) is 33.6 Å². The third-order valence-electron chi connectivity index (χ3n) is 3.75. The number of carbonyl (C=O) groups is 1. The van der Waals surface area contributed by atoms with Gasteiger partial charge in [0.1, 0.15) is 0 Å². The van der Waals surface area contributed by atoms with Crippen molar-refractivity contribution in [1.82, 2.24) is 14.5 Å². The standard InChI is InChI=1S/C16H26BrN3O3S/c1-5-20(13(2)3)11-10-18-16(21)12-19(4)24(22,23)15-8-6-14(17)7-9-15/h6-9,13H,5,10-12H2,1-4H3,(H,18,21). The van der Waals surface area contributed by atoms with Crippen LogP contribution in [0.2, 0.25) is 0 Å². The van der Waals surface area contributed by atoms with E-state index in [9.17, 15) is 13.2 Å². The van der Waals surface area contributed by atoms with E-state index in [1.807, 2.05) is 0 Å². The van der Waals surface area contributed by atoms with Gasteiger partial charge in [-0.1, -0.05) is 22.9 Å². The summed E-state index contributed by atoms with van der Waals surface area (Å²) in [6.07, 6.45) is 0. The average Bonchev–Trinajstić information content (AvgIpc) is 2.51. The molecule has 6 nitrogen and oxygen atoms in total. The molecule has 0 aliphatic rings. The lowest BCUT2D eigenvalue weighted by Crippen LogP contribution is -2.42. The number of hydrogen-bond donors (Lipinski definition) is 1. The summed E-state index contributed by atoms with van der Waals surface area (Å²) in [4.78, 5) is 14.4. The molecule has 0 spiro atoms. The normalized spacial score (nSPS) is 12.2. The number of rotatable bonds is 9. The SMILES string of the molecule is CCN(CCNC(=O)CN(C)S(=O)(=O)c1ccc(Br)cc1)C(C)C. The molecule has 0 aliphatic heterocycles. The Kier molecular flexibility index (Phi) is 8.35. The van der Waals surface area contributed by atoms with Crippen molar-refractivity contribution >= 4 is 31.9 Å². The Bertz CT molecular complexity index is 632. The molecule has 0 unspecified atom stereocenters. The smallest absolute Gasteiger partial charge is 0.243 e. The van der Waals surface area contributed by atoms with Gasteiger partial charge in [-0.3, -0.25) is 9.69 Å². The molecule has 1 N–H and O–H groups in total. The van der Waals surface area contributed by atoms with Crippen LogP contribution in [0.5, 0.6) is 0 Å². The number of sulfonamides is 1. The molecule has 0 aromatic heterocycles. The first-order valence-corrected chi connectivity index (χ1v) is 10.1. The summed E-state index contributed by atoms with van der Waals surface area (Å²) in [5.74, 6) is -0.307. The molecule has 1 aromatic rings. The Morgan fingerprint density at radius 1 is 1.25 bits per heavy atom. The molecule has 1 rings (SSSR count). The molecule has 24 heavy (non-hydrogen) atoms. The molecule has 0 saturated heterocycles. The summed E-state index contributed by atoms with van der Waals surface area (Å²) in [5, 5.41) is 2.77. The van der Waals surface area contributed by atoms with Crippen LogP contribution < -0.4 is 5.32 Å². The Labute approximate surface area is 153 Å². The quantitative estimate of drug-likeness (QED) is 0.663. The van der Waals surface area contributed by atoms with Gasteiger partial charge in [-0.2, -0.15) is 4.31 Å². The van der Waals surface area contributed by atoms with E-state index >= 15 is 0 Å². The highest BCUT2D eigenvalue weighted by Crippen LogP contribution is 2.17. The van der Waals surface area contributed by atoms with E-state index in [1.165, 1.54) is 19.2 Å². The largest absolute Gasteiger partial charge is 0.354 e. The first-order valence-electron chi connectivity index (χ1n) is 7.91. The van der Waals surface area contributed by atoms with Gasteiger partial charge in [0.05, 0.1) is 11.4 Å². The lowest BCUT2D eigenvalue weighted by atomic mass is 10.3. The molecule has 0 saturated carbocycles. The zero-order chi connectivity index (χ0) is 18.3. The molecule has 0 atom stereocenters. The van der Waals surface area contributed by atoms with Crippen molar-refractivity contribution in [2.45, 2.75) is 31.7 Å². The Morgan fingerprint density at radius 3 is 2.33 bits per heavy atom. The maximum Gasteiger partial charge on any atom is 0.243 e. The molecule has 136 valence electrons. The lowest BCUT2D eigenvalue weighted by molar-refractivity contribution is -0.121. The molecule has 1 aromatic carbocycles. The first-order chi connectivity index (χ1) is 11.2. The fourth-order valence-corrected chi connectivity index (χ4v) is 3.64. The predicted molar refractivity (Wildman–Crippen MR) is 99.4 cm³/mol. The number of carbonyl (C=O) groups excluding carboxylic acids is 1. The summed E-state index contributed by atoms with van der Waals surface area (Å²) in [6.45, 7) is 8.21. The lowest BCUT2D eigenvalue weighted by Gasteiger charge is -2.25. The molecule has 0 heterocycles. The second-order valence-corrected chi connectivity index (χ2v) is 8.75. The summed E-state index contributed by atoms with van der Waals surface area (Å²) >= 11 is 3.27. The maximum atomic E-state index is 12.4. The molecule has 0 aliphatic carbocycles. The van der Waals surface area contributed by atoms with E-state index in [-0.39, 0.29) is 17.3 Å². The number of halogens is 1. The van der Waals surface area contributed by atoms with Crippen molar-refractivity contribution in [3.05, 3.63) is 28.7 Å². The van der Waals surface area contributed by atoms with Crippen molar-refractivity contribution in [1.29, 1.82) is 0 Å². The number of nitrogens with zero attached hydrogens (tertiary/aromatic N) is 2. The van der Waals surface area contributed by atoms with Crippen molar-refractivity contribution in [2.75, 3.05) is 33.2 Å². The monoisotopic (exact) mass is 419 g/mol. The summed E-state index contributed by atoms with van der Waals surface area (Å²) in [6, 6.07) is 6.75. The van der Waals surface area contributed by atoms with Gasteiger partial charge in [0, 0.05) is 30.7 Å². The van der Waals surface area contributed by atoms with E-state index in [0.29, 0.717) is 12.6 Å². The topological polar surface area (TPSA) is 69.7 Å². The van der Waals surface area contributed by atoms with E-state index in [4.69, 9.17) is 0 Å². The van der Waals surface area contributed by atoms with Crippen LogP contribution in [0.3, 0.4) is 0 Å². The van der Waals surface area contributed by atoms with Gasteiger partial charge in [-0.05, 0) is 44.7 Å². The average molecular weight is 420 g/mol. The fraction of sp³-hybridized carbons (Fsp3) is 0.562. The van der Waals surface area contributed by atoms with Crippen molar-refractivity contribution in [2.24, 2.45) is 0 Å². The minimum absolute atomic E-state index is 0.165. The number of benzene rings is 1. The highest BCUT2D eigenvalue weighted by atomic mass is 79.9. The zero-order valence-corrected chi connectivity index (χ0v) is 17.0. The number of nitrogens with one attached hydrogen (secondary N) is 1. The second-order valence-electron chi connectivity index (χ2n) is 5.79. The van der Waals surface area contributed by atoms with Crippen molar-refractivity contribution in [3.63, 3.8) is 0 Å². The van der Waals surface area contributed by atoms with Crippen LogP contribution in [0.4, 0.5) is 0 Å². The molecular weight excluding hydrogens is 394 g/mol. The molecule has 0 bridgehead atoms. The molecular formula is C16H26BrN3O3S. The molecule has 0 radical (unpaired) electrons. The van der Waals surface area contributed by atoms with Gasteiger partial charge in [0.2, 0.25) is 15.9 Å². The number of hydrogen-bond acceptors (Lipinski definition) is 4. The zero-order valence-electron chi connectivity index (χ0n) is 14.6. The van der Waals surface area contributed by atoms with Crippen LogP contribution in [-0.4, -0.2) is 62.8 Å². The molecule has 1 amide bonds. The van der Waals surface area contributed by atoms with Gasteiger partial charge in [-0.15, -0.1) is 0 Å².